The average Bonchev–Trinajstić information content (AvgIpc) is 3.05. The Bertz CT molecular complexity index is 711. The van der Waals surface area contributed by atoms with Gasteiger partial charge in [0, 0.05) is 24.0 Å². The highest BCUT2D eigenvalue weighted by atomic mass is 16.6. The summed E-state index contributed by atoms with van der Waals surface area (Å²) in [6, 6.07) is 4.00. The standard InChI is InChI=1S/C13H12N4O5/c1-22-12(18)7-15-13(19)9-2-3-10(11(6-9)17(20)21)16-5-4-14-8-16/h2-6,8H,7H2,1H3,(H,15,19). The molecule has 1 heterocycles. The van der Waals surface area contributed by atoms with Crippen molar-refractivity contribution in [1.29, 1.82) is 0 Å². The predicted octanol–water partition coefficient (Wildman–Crippen LogP) is 0.683. The Labute approximate surface area is 124 Å². The maximum Gasteiger partial charge on any atom is 0.325 e. The first-order valence-corrected chi connectivity index (χ1v) is 6.14. The fourth-order valence-electron chi connectivity index (χ4n) is 1.76. The number of hydrogen-bond donors (Lipinski definition) is 1. The molecule has 0 aliphatic carbocycles. The van der Waals surface area contributed by atoms with Gasteiger partial charge >= 0.3 is 5.97 Å². The van der Waals surface area contributed by atoms with Crippen LogP contribution in [-0.4, -0.2) is 40.0 Å². The fourth-order valence-corrected chi connectivity index (χ4v) is 1.76. The molecule has 22 heavy (non-hydrogen) atoms. The summed E-state index contributed by atoms with van der Waals surface area (Å²) < 4.78 is 5.86. The third-order valence-electron chi connectivity index (χ3n) is 2.84. The minimum Gasteiger partial charge on any atom is -0.468 e. The number of aromatic nitrogens is 2. The smallest absolute Gasteiger partial charge is 0.325 e. The molecular formula is C13H12N4O5. The second-order valence-corrected chi connectivity index (χ2v) is 4.19. The van der Waals surface area contributed by atoms with E-state index in [4.69, 9.17) is 0 Å². The van der Waals surface area contributed by atoms with Gasteiger partial charge in [0.25, 0.3) is 11.6 Å². The number of esters is 1. The van der Waals surface area contributed by atoms with Crippen molar-refractivity contribution in [3.05, 3.63) is 52.6 Å². The third-order valence-corrected chi connectivity index (χ3v) is 2.84. The summed E-state index contributed by atoms with van der Waals surface area (Å²) in [7, 11) is 1.19. The van der Waals surface area contributed by atoms with Gasteiger partial charge in [0.1, 0.15) is 12.2 Å². The summed E-state index contributed by atoms with van der Waals surface area (Å²) in [4.78, 5) is 37.3. The summed E-state index contributed by atoms with van der Waals surface area (Å²) in [6.45, 7) is -0.313. The molecule has 2 rings (SSSR count). The van der Waals surface area contributed by atoms with Crippen molar-refractivity contribution in [1.82, 2.24) is 14.9 Å². The lowest BCUT2D eigenvalue weighted by atomic mass is 10.1. The van der Waals surface area contributed by atoms with E-state index in [0.717, 1.165) is 6.07 Å². The summed E-state index contributed by atoms with van der Waals surface area (Å²) in [6.07, 6.45) is 4.46. The molecule has 1 aromatic heterocycles. The molecule has 0 aliphatic rings. The van der Waals surface area contributed by atoms with Crippen LogP contribution in [0.4, 0.5) is 5.69 Å². The first-order valence-electron chi connectivity index (χ1n) is 6.14. The van der Waals surface area contributed by atoms with E-state index in [1.165, 1.54) is 36.3 Å². The van der Waals surface area contributed by atoms with Gasteiger partial charge in [-0.2, -0.15) is 0 Å². The second kappa shape index (κ2) is 6.48. The predicted molar refractivity (Wildman–Crippen MR) is 74.6 cm³/mol. The Hall–Kier alpha value is -3.23. The van der Waals surface area contributed by atoms with E-state index >= 15 is 0 Å². The molecule has 0 unspecified atom stereocenters. The van der Waals surface area contributed by atoms with Crippen LogP contribution in [0, 0.1) is 10.1 Å². The molecule has 1 amide bonds. The SMILES string of the molecule is COC(=O)CNC(=O)c1ccc(-n2ccnc2)c([N+](=O)[O-])c1. The molecule has 114 valence electrons. The lowest BCUT2D eigenvalue weighted by molar-refractivity contribution is -0.384. The molecule has 2 aromatic rings. The summed E-state index contributed by atoms with van der Waals surface area (Å²) in [5, 5.41) is 13.5. The van der Waals surface area contributed by atoms with Crippen molar-refractivity contribution >= 4 is 17.6 Å². The first-order chi connectivity index (χ1) is 10.5. The largest absolute Gasteiger partial charge is 0.468 e. The monoisotopic (exact) mass is 304 g/mol. The minimum atomic E-state index is -0.613. The van der Waals surface area contributed by atoms with Gasteiger partial charge in [-0.1, -0.05) is 0 Å². The Morgan fingerprint density at radius 3 is 2.82 bits per heavy atom. The van der Waals surface area contributed by atoms with Gasteiger partial charge in [-0.15, -0.1) is 0 Å². The number of hydrogen-bond acceptors (Lipinski definition) is 6. The highest BCUT2D eigenvalue weighted by Crippen LogP contribution is 2.24. The van der Waals surface area contributed by atoms with Crippen LogP contribution in [0.25, 0.3) is 5.69 Å². The number of amides is 1. The Kier molecular flexibility index (Phi) is 4.47. The lowest BCUT2D eigenvalue weighted by Gasteiger charge is -2.07. The van der Waals surface area contributed by atoms with Crippen LogP contribution in [0.2, 0.25) is 0 Å². The lowest BCUT2D eigenvalue weighted by Crippen LogP contribution is -2.30. The summed E-state index contributed by atoms with van der Waals surface area (Å²) >= 11 is 0. The van der Waals surface area contributed by atoms with Crippen molar-refractivity contribution in [3.63, 3.8) is 0 Å². The van der Waals surface area contributed by atoms with Crippen LogP contribution in [0.15, 0.2) is 36.9 Å². The Morgan fingerprint density at radius 2 is 2.23 bits per heavy atom. The third kappa shape index (κ3) is 3.26. The number of nitrogens with one attached hydrogen (secondary N) is 1. The number of rotatable bonds is 5. The molecule has 0 bridgehead atoms. The molecule has 0 radical (unpaired) electrons. The summed E-state index contributed by atoms with van der Waals surface area (Å²) in [5.74, 6) is -1.22. The molecular weight excluding hydrogens is 292 g/mol. The van der Waals surface area contributed by atoms with Gasteiger partial charge < -0.3 is 14.6 Å². The highest BCUT2D eigenvalue weighted by molar-refractivity contribution is 5.96. The number of methoxy groups -OCH3 is 1. The molecule has 0 fully saturated rings. The zero-order valence-corrected chi connectivity index (χ0v) is 11.6. The molecule has 0 aliphatic heterocycles. The van der Waals surface area contributed by atoms with Crippen molar-refractivity contribution in [2.45, 2.75) is 0 Å². The van der Waals surface area contributed by atoms with E-state index in [0.29, 0.717) is 0 Å². The molecule has 0 spiro atoms. The van der Waals surface area contributed by atoms with Gasteiger partial charge in [-0.05, 0) is 12.1 Å². The molecule has 9 heteroatoms. The number of benzene rings is 1. The average molecular weight is 304 g/mol. The van der Waals surface area contributed by atoms with Crippen LogP contribution in [0.1, 0.15) is 10.4 Å². The van der Waals surface area contributed by atoms with Gasteiger partial charge in [-0.25, -0.2) is 4.98 Å². The van der Waals surface area contributed by atoms with E-state index in [2.05, 4.69) is 15.0 Å². The number of imidazole rings is 1. The van der Waals surface area contributed by atoms with Crippen LogP contribution in [0.5, 0.6) is 0 Å². The molecule has 1 aromatic carbocycles. The topological polar surface area (TPSA) is 116 Å². The van der Waals surface area contributed by atoms with E-state index in [1.807, 2.05) is 0 Å². The molecule has 9 nitrogen and oxygen atoms in total. The number of carbonyl (C=O) groups is 2. The molecule has 0 saturated heterocycles. The van der Waals surface area contributed by atoms with Crippen LogP contribution < -0.4 is 5.32 Å². The number of ether oxygens (including phenoxy) is 1. The van der Waals surface area contributed by atoms with Gasteiger partial charge in [0.15, 0.2) is 0 Å². The fraction of sp³-hybridized carbons (Fsp3) is 0.154. The molecule has 1 N–H and O–H groups in total. The van der Waals surface area contributed by atoms with E-state index < -0.39 is 16.8 Å². The highest BCUT2D eigenvalue weighted by Gasteiger charge is 2.19. The van der Waals surface area contributed by atoms with Crippen molar-refractivity contribution < 1.29 is 19.2 Å². The van der Waals surface area contributed by atoms with Gasteiger partial charge in [0.05, 0.1) is 18.4 Å². The van der Waals surface area contributed by atoms with Gasteiger partial charge in [0.2, 0.25) is 0 Å². The first kappa shape index (κ1) is 15.2. The van der Waals surface area contributed by atoms with Crippen molar-refractivity contribution in [2.24, 2.45) is 0 Å². The van der Waals surface area contributed by atoms with Crippen molar-refractivity contribution in [2.75, 3.05) is 13.7 Å². The van der Waals surface area contributed by atoms with Crippen LogP contribution in [0.3, 0.4) is 0 Å². The van der Waals surface area contributed by atoms with Crippen molar-refractivity contribution in [3.8, 4) is 5.69 Å². The zero-order chi connectivity index (χ0) is 16.1. The maximum atomic E-state index is 11.9. The van der Waals surface area contributed by atoms with E-state index in [9.17, 15) is 19.7 Å². The molecule has 0 saturated carbocycles. The van der Waals surface area contributed by atoms with Crippen LogP contribution >= 0.6 is 0 Å². The number of carbonyl (C=O) groups excluding carboxylic acids is 2. The number of nitrogens with zero attached hydrogens (tertiary/aromatic N) is 3. The van der Waals surface area contributed by atoms with E-state index in [-0.39, 0.29) is 23.5 Å². The molecule has 0 atom stereocenters. The quantitative estimate of drug-likeness (QED) is 0.493. The normalized spacial score (nSPS) is 10.0. The Morgan fingerprint density at radius 1 is 1.45 bits per heavy atom. The van der Waals surface area contributed by atoms with Gasteiger partial charge in [-0.3, -0.25) is 19.7 Å². The zero-order valence-electron chi connectivity index (χ0n) is 11.6. The Balaban J connectivity index is 2.28. The van der Waals surface area contributed by atoms with Crippen LogP contribution in [-0.2, 0) is 9.53 Å². The number of nitro benzene ring substituents is 1. The van der Waals surface area contributed by atoms with E-state index in [1.54, 1.807) is 6.20 Å². The number of nitro groups is 1. The summed E-state index contributed by atoms with van der Waals surface area (Å²) in [5.41, 5.74) is 0.107. The maximum absolute atomic E-state index is 11.9. The second-order valence-electron chi connectivity index (χ2n) is 4.19. The minimum absolute atomic E-state index is 0.0690.